The summed E-state index contributed by atoms with van der Waals surface area (Å²) in [5, 5.41) is 7.49. The van der Waals surface area contributed by atoms with E-state index in [1.54, 1.807) is 10.9 Å². The number of benzene rings is 4. The lowest BCUT2D eigenvalue weighted by Gasteiger charge is -2.31. The highest BCUT2D eigenvalue weighted by Gasteiger charge is 2.31. The average molecular weight is 575 g/mol. The van der Waals surface area contributed by atoms with Gasteiger partial charge in [-0.15, -0.1) is 0 Å². The van der Waals surface area contributed by atoms with Crippen LogP contribution < -0.4 is 21.2 Å². The molecule has 4 aromatic rings. The second kappa shape index (κ2) is 12.2. The van der Waals surface area contributed by atoms with Gasteiger partial charge in [0.15, 0.2) is 0 Å². The minimum Gasteiger partial charge on any atom is -0.0798 e. The lowest BCUT2D eigenvalue weighted by atomic mass is 10.1. The fourth-order valence-electron chi connectivity index (χ4n) is 6.63. The van der Waals surface area contributed by atoms with Gasteiger partial charge in [-0.2, -0.15) is 0 Å². The van der Waals surface area contributed by atoms with Crippen LogP contribution in [0.2, 0.25) is 0 Å². The van der Waals surface area contributed by atoms with Crippen molar-refractivity contribution in [3.8, 4) is 0 Å². The smallest absolute Gasteiger partial charge is 0.00652 e. The first kappa shape index (κ1) is 29.7. The molecule has 1 aliphatic carbocycles. The first-order chi connectivity index (χ1) is 19.5. The van der Waals surface area contributed by atoms with Crippen molar-refractivity contribution in [1.29, 1.82) is 0 Å². The van der Waals surface area contributed by atoms with Crippen LogP contribution in [0.5, 0.6) is 0 Å². The molecule has 0 aromatic heterocycles. The SMILES string of the molecule is Cc1cc(C)cc(P(C2=C([C@@H](C)P(c3cc(C)cc(C)c3)c3cc(C)cc(C)c3)CC=C2)c2cc(C)cc(C)c2)c1. The lowest BCUT2D eigenvalue weighted by molar-refractivity contribution is 1.06. The van der Waals surface area contributed by atoms with Gasteiger partial charge in [0.25, 0.3) is 0 Å². The quantitative estimate of drug-likeness (QED) is 0.193. The molecule has 4 aromatic carbocycles. The molecule has 0 N–H and O–H groups in total. The van der Waals surface area contributed by atoms with Gasteiger partial charge in [-0.25, -0.2) is 0 Å². The van der Waals surface area contributed by atoms with Gasteiger partial charge in [0, 0.05) is 5.66 Å². The second-order valence-electron chi connectivity index (χ2n) is 12.3. The first-order valence-corrected chi connectivity index (χ1v) is 17.6. The van der Waals surface area contributed by atoms with Crippen LogP contribution in [0.4, 0.5) is 0 Å². The van der Waals surface area contributed by atoms with E-state index >= 15 is 0 Å². The number of hydrogen-bond donors (Lipinski definition) is 0. The van der Waals surface area contributed by atoms with Gasteiger partial charge in [-0.05, 0) is 104 Å². The van der Waals surface area contributed by atoms with Gasteiger partial charge in [-0.3, -0.25) is 0 Å². The zero-order valence-corrected chi connectivity index (χ0v) is 28.1. The van der Waals surface area contributed by atoms with Gasteiger partial charge in [0.2, 0.25) is 0 Å². The molecule has 2 heteroatoms. The van der Waals surface area contributed by atoms with Crippen molar-refractivity contribution in [2.24, 2.45) is 0 Å². The van der Waals surface area contributed by atoms with E-state index < -0.39 is 15.8 Å². The molecule has 1 atom stereocenters. The molecule has 0 fully saturated rings. The lowest BCUT2D eigenvalue weighted by Crippen LogP contribution is -2.23. The fraction of sp³-hybridized carbons (Fsp3) is 0.282. The molecular weight excluding hydrogens is 530 g/mol. The number of aryl methyl sites for hydroxylation is 8. The highest BCUT2D eigenvalue weighted by Crippen LogP contribution is 2.54. The predicted octanol–water partition coefficient (Wildman–Crippen LogP) is 9.32. The van der Waals surface area contributed by atoms with E-state index in [1.807, 2.05) is 0 Å². The fourth-order valence-corrected chi connectivity index (χ4v) is 12.9. The molecule has 1 aliphatic rings. The molecule has 41 heavy (non-hydrogen) atoms. The van der Waals surface area contributed by atoms with Crippen LogP contribution in [0.25, 0.3) is 0 Å². The van der Waals surface area contributed by atoms with Crippen LogP contribution in [-0.2, 0) is 0 Å². The third-order valence-corrected chi connectivity index (χ3v) is 13.2. The Balaban J connectivity index is 1.74. The monoisotopic (exact) mass is 574 g/mol. The van der Waals surface area contributed by atoms with Crippen molar-refractivity contribution in [2.45, 2.75) is 74.4 Å². The second-order valence-corrected chi connectivity index (χ2v) is 17.0. The van der Waals surface area contributed by atoms with E-state index in [0.29, 0.717) is 5.66 Å². The van der Waals surface area contributed by atoms with Gasteiger partial charge < -0.3 is 0 Å². The number of hydrogen-bond acceptors (Lipinski definition) is 0. The van der Waals surface area contributed by atoms with Crippen LogP contribution in [0.1, 0.15) is 57.9 Å². The Morgan fingerprint density at radius 1 is 0.463 bits per heavy atom. The Morgan fingerprint density at radius 2 is 0.780 bits per heavy atom. The molecule has 0 amide bonds. The molecule has 210 valence electrons. The summed E-state index contributed by atoms with van der Waals surface area (Å²) >= 11 is 0. The Labute approximate surface area is 251 Å². The number of rotatable bonds is 7. The van der Waals surface area contributed by atoms with Crippen molar-refractivity contribution in [3.63, 3.8) is 0 Å². The van der Waals surface area contributed by atoms with Crippen molar-refractivity contribution in [2.75, 3.05) is 0 Å². The Kier molecular flexibility index (Phi) is 8.85. The van der Waals surface area contributed by atoms with Crippen LogP contribution in [0.15, 0.2) is 95.8 Å². The van der Waals surface area contributed by atoms with E-state index in [-0.39, 0.29) is 0 Å². The van der Waals surface area contributed by atoms with E-state index in [4.69, 9.17) is 0 Å². The maximum Gasteiger partial charge on any atom is 0.00652 e. The highest BCUT2D eigenvalue weighted by atomic mass is 31.1. The molecule has 0 nitrogen and oxygen atoms in total. The minimum absolute atomic E-state index is 0.430. The molecule has 0 heterocycles. The Bertz CT molecular complexity index is 1490. The van der Waals surface area contributed by atoms with Gasteiger partial charge in [0.05, 0.1) is 0 Å². The van der Waals surface area contributed by atoms with Gasteiger partial charge >= 0.3 is 0 Å². The van der Waals surface area contributed by atoms with Gasteiger partial charge in [-0.1, -0.05) is 142 Å². The largest absolute Gasteiger partial charge is 0.0798 e. The number of allylic oxidation sites excluding steroid dienone is 4. The topological polar surface area (TPSA) is 0 Å². The third kappa shape index (κ3) is 6.67. The predicted molar refractivity (Wildman–Crippen MR) is 186 cm³/mol. The molecule has 0 radical (unpaired) electrons. The zero-order chi connectivity index (χ0) is 29.4. The van der Waals surface area contributed by atoms with Crippen molar-refractivity contribution in [3.05, 3.63) is 140 Å². The van der Waals surface area contributed by atoms with Crippen molar-refractivity contribution >= 4 is 37.1 Å². The summed E-state index contributed by atoms with van der Waals surface area (Å²) in [7, 11) is -1.26. The maximum absolute atomic E-state index is 2.51. The van der Waals surface area contributed by atoms with Gasteiger partial charge in [0.1, 0.15) is 0 Å². The average Bonchev–Trinajstić information content (AvgIpc) is 3.31. The van der Waals surface area contributed by atoms with E-state index in [0.717, 1.165) is 6.42 Å². The zero-order valence-electron chi connectivity index (χ0n) is 26.3. The standard InChI is InChI=1S/C39H44P2/c1-25-13-26(2)18-34(17-25)40(35-19-27(3)14-28(4)20-35)33(9)38-11-10-12-39(38)41(36-21-29(5)15-30(6)22-36)37-23-31(7)16-32(8)24-37/h10,12-24,33H,11H2,1-9H3/t33-/m1/s1. The van der Waals surface area contributed by atoms with E-state index in [9.17, 15) is 0 Å². The maximum atomic E-state index is 2.51. The molecular formula is C39H44P2. The summed E-state index contributed by atoms with van der Waals surface area (Å²) in [4.78, 5) is 0. The summed E-state index contributed by atoms with van der Waals surface area (Å²) in [6.45, 7) is 20.5. The van der Waals surface area contributed by atoms with Crippen LogP contribution in [-0.4, -0.2) is 5.66 Å². The molecule has 5 rings (SSSR count). The minimum atomic E-state index is -0.673. The van der Waals surface area contributed by atoms with Crippen LogP contribution >= 0.6 is 15.8 Å². The highest BCUT2D eigenvalue weighted by molar-refractivity contribution is 7.77. The van der Waals surface area contributed by atoms with Crippen LogP contribution in [0.3, 0.4) is 0 Å². The third-order valence-electron chi connectivity index (χ3n) is 7.97. The molecule has 0 unspecified atom stereocenters. The van der Waals surface area contributed by atoms with E-state index in [2.05, 4.69) is 147 Å². The molecule has 0 aliphatic heterocycles. The summed E-state index contributed by atoms with van der Waals surface area (Å²) in [6.07, 6.45) is 5.95. The molecule has 0 saturated carbocycles. The Morgan fingerprint density at radius 3 is 1.12 bits per heavy atom. The van der Waals surface area contributed by atoms with Crippen molar-refractivity contribution in [1.82, 2.24) is 0 Å². The van der Waals surface area contributed by atoms with E-state index in [1.165, 1.54) is 65.7 Å². The normalized spacial score (nSPS) is 14.0. The molecule has 0 saturated heterocycles. The summed E-state index contributed by atoms with van der Waals surface area (Å²) in [5.41, 5.74) is 12.9. The Hall–Kier alpha value is -2.78. The van der Waals surface area contributed by atoms with Crippen LogP contribution in [0, 0.1) is 55.4 Å². The first-order valence-electron chi connectivity index (χ1n) is 14.8. The summed E-state index contributed by atoms with van der Waals surface area (Å²) in [5.74, 6) is 0. The summed E-state index contributed by atoms with van der Waals surface area (Å²) < 4.78 is 0. The molecule has 0 spiro atoms. The van der Waals surface area contributed by atoms with Crippen molar-refractivity contribution < 1.29 is 0 Å². The summed E-state index contributed by atoms with van der Waals surface area (Å²) in [6, 6.07) is 28.8. The molecule has 0 bridgehead atoms.